The first-order valence-electron chi connectivity index (χ1n) is 7.83. The van der Waals surface area contributed by atoms with Crippen LogP contribution in [0.2, 0.25) is 0 Å². The van der Waals surface area contributed by atoms with Gasteiger partial charge in [0.1, 0.15) is 22.5 Å². The second-order valence-corrected chi connectivity index (χ2v) is 6.52. The molecule has 5 heteroatoms. The van der Waals surface area contributed by atoms with E-state index in [4.69, 9.17) is 9.47 Å². The van der Waals surface area contributed by atoms with Crippen LogP contribution in [0.3, 0.4) is 0 Å². The van der Waals surface area contributed by atoms with E-state index in [1.165, 1.54) is 0 Å². The van der Waals surface area contributed by atoms with Gasteiger partial charge >= 0.3 is 0 Å². The van der Waals surface area contributed by atoms with Gasteiger partial charge in [0.15, 0.2) is 0 Å². The molecule has 0 aliphatic heterocycles. The highest BCUT2D eigenvalue weighted by atomic mass is 32.2. The molecule has 0 atom stereocenters. The van der Waals surface area contributed by atoms with Gasteiger partial charge in [0.05, 0.1) is 14.2 Å². The lowest BCUT2D eigenvalue weighted by Crippen LogP contribution is -1.90. The topological polar surface area (TPSA) is 44.2 Å². The summed E-state index contributed by atoms with van der Waals surface area (Å²) in [6, 6.07) is 16.0. The third-order valence-corrected chi connectivity index (χ3v) is 5.20. The Morgan fingerprint density at radius 1 is 0.680 bits per heavy atom. The summed E-state index contributed by atoms with van der Waals surface area (Å²) in [6.07, 6.45) is 3.63. The van der Waals surface area contributed by atoms with Gasteiger partial charge in [-0.05, 0) is 24.3 Å². The highest BCUT2D eigenvalue weighted by molar-refractivity contribution is 7.99. The fourth-order valence-corrected chi connectivity index (χ4v) is 3.92. The molecule has 2 aromatic heterocycles. The zero-order valence-corrected chi connectivity index (χ0v) is 14.7. The van der Waals surface area contributed by atoms with Gasteiger partial charge in [-0.15, -0.1) is 0 Å². The smallest absolute Gasteiger partial charge is 0.145 e. The maximum Gasteiger partial charge on any atom is 0.145 e. The number of fused-ring (bicyclic) bond motifs is 2. The van der Waals surface area contributed by atoms with Gasteiger partial charge in [-0.1, -0.05) is 36.0 Å². The second kappa shape index (κ2) is 6.61. The number of hydrogen-bond donors (Lipinski definition) is 0. The van der Waals surface area contributed by atoms with Crippen LogP contribution in [0.25, 0.3) is 21.8 Å². The fraction of sp³-hybridized carbons (Fsp3) is 0.100. The quantitative estimate of drug-likeness (QED) is 0.522. The van der Waals surface area contributed by atoms with Crippen LogP contribution in [0.1, 0.15) is 0 Å². The summed E-state index contributed by atoms with van der Waals surface area (Å²) in [7, 11) is 3.33. The van der Waals surface area contributed by atoms with E-state index in [9.17, 15) is 0 Å². The van der Waals surface area contributed by atoms with Crippen LogP contribution in [-0.4, -0.2) is 24.2 Å². The van der Waals surface area contributed by atoms with Crippen molar-refractivity contribution in [2.75, 3.05) is 14.2 Å². The Morgan fingerprint density at radius 2 is 1.16 bits per heavy atom. The first kappa shape index (κ1) is 15.7. The third kappa shape index (κ3) is 2.76. The Bertz CT molecular complexity index is 981. The minimum Gasteiger partial charge on any atom is -0.494 e. The van der Waals surface area contributed by atoms with E-state index in [0.717, 1.165) is 43.1 Å². The summed E-state index contributed by atoms with van der Waals surface area (Å²) in [5, 5.41) is 2.14. The van der Waals surface area contributed by atoms with E-state index in [2.05, 4.69) is 22.1 Å². The van der Waals surface area contributed by atoms with Crippen LogP contribution in [0.15, 0.2) is 70.7 Å². The van der Waals surface area contributed by atoms with Crippen molar-refractivity contribution in [2.24, 2.45) is 0 Å². The number of pyridine rings is 2. The van der Waals surface area contributed by atoms with Gasteiger partial charge in [-0.25, -0.2) is 0 Å². The van der Waals surface area contributed by atoms with Crippen molar-refractivity contribution in [3.63, 3.8) is 0 Å². The van der Waals surface area contributed by atoms with Gasteiger partial charge in [0.25, 0.3) is 0 Å². The SMILES string of the molecule is COc1cccc2c(Sc3ccnc4c(OC)cccc34)ccnc12. The number of rotatable bonds is 4. The first-order valence-corrected chi connectivity index (χ1v) is 8.65. The Kier molecular flexibility index (Phi) is 4.15. The van der Waals surface area contributed by atoms with Crippen LogP contribution in [0.5, 0.6) is 11.5 Å². The van der Waals surface area contributed by atoms with Crippen molar-refractivity contribution in [3.05, 3.63) is 60.9 Å². The Hall–Kier alpha value is -2.79. The monoisotopic (exact) mass is 348 g/mol. The average Bonchev–Trinajstić information content (AvgIpc) is 2.67. The molecular formula is C20H16N2O2S. The minimum atomic E-state index is 0.779. The molecule has 0 spiro atoms. The Balaban J connectivity index is 1.86. The lowest BCUT2D eigenvalue weighted by Gasteiger charge is -2.11. The Morgan fingerprint density at radius 3 is 1.60 bits per heavy atom. The van der Waals surface area contributed by atoms with E-state index in [1.807, 2.05) is 48.8 Å². The van der Waals surface area contributed by atoms with Crippen molar-refractivity contribution in [2.45, 2.75) is 9.79 Å². The summed E-state index contributed by atoms with van der Waals surface area (Å²) in [5.74, 6) is 1.56. The summed E-state index contributed by atoms with van der Waals surface area (Å²) in [5.41, 5.74) is 1.73. The summed E-state index contributed by atoms with van der Waals surface area (Å²) >= 11 is 1.69. The zero-order chi connectivity index (χ0) is 17.2. The summed E-state index contributed by atoms with van der Waals surface area (Å²) < 4.78 is 10.9. The zero-order valence-electron chi connectivity index (χ0n) is 13.9. The standard InChI is InChI=1S/C20H16N2O2S/c1-23-15-7-3-5-13-17(9-11-21-19(13)15)25-18-10-12-22-20-14(18)6-4-8-16(20)24-2/h3-12H,1-2H3. The maximum atomic E-state index is 5.43. The van der Waals surface area contributed by atoms with Gasteiger partial charge in [-0.3, -0.25) is 9.97 Å². The minimum absolute atomic E-state index is 0.779. The fourth-order valence-electron chi connectivity index (χ4n) is 2.87. The molecule has 0 unspecified atom stereocenters. The average molecular weight is 348 g/mol. The van der Waals surface area contributed by atoms with Crippen molar-refractivity contribution in [1.29, 1.82) is 0 Å². The normalized spacial score (nSPS) is 11.0. The highest BCUT2D eigenvalue weighted by Crippen LogP contribution is 2.39. The molecule has 4 nitrogen and oxygen atoms in total. The molecule has 124 valence electrons. The van der Waals surface area contributed by atoms with Crippen LogP contribution in [0, 0.1) is 0 Å². The highest BCUT2D eigenvalue weighted by Gasteiger charge is 2.11. The number of hydrogen-bond acceptors (Lipinski definition) is 5. The van der Waals surface area contributed by atoms with Crippen LogP contribution in [-0.2, 0) is 0 Å². The van der Waals surface area contributed by atoms with E-state index < -0.39 is 0 Å². The van der Waals surface area contributed by atoms with Crippen molar-refractivity contribution >= 4 is 33.6 Å². The number of benzene rings is 2. The molecular weight excluding hydrogens is 332 g/mol. The molecule has 0 saturated carbocycles. The second-order valence-electron chi connectivity index (χ2n) is 5.43. The molecule has 4 aromatic rings. The van der Waals surface area contributed by atoms with E-state index >= 15 is 0 Å². The van der Waals surface area contributed by atoms with Gasteiger partial charge < -0.3 is 9.47 Å². The van der Waals surface area contributed by atoms with Crippen molar-refractivity contribution in [3.8, 4) is 11.5 Å². The molecule has 0 aliphatic rings. The molecule has 0 fully saturated rings. The summed E-state index contributed by atoms with van der Waals surface area (Å²) in [4.78, 5) is 11.2. The molecule has 4 rings (SSSR count). The molecule has 0 aliphatic carbocycles. The maximum absolute atomic E-state index is 5.43. The molecule has 0 amide bonds. The number of aromatic nitrogens is 2. The number of nitrogens with zero attached hydrogens (tertiary/aromatic N) is 2. The van der Waals surface area contributed by atoms with Crippen molar-refractivity contribution in [1.82, 2.24) is 9.97 Å². The predicted molar refractivity (Wildman–Crippen MR) is 101 cm³/mol. The lowest BCUT2D eigenvalue weighted by molar-refractivity contribution is 0.419. The van der Waals surface area contributed by atoms with Crippen LogP contribution >= 0.6 is 11.8 Å². The molecule has 0 bridgehead atoms. The predicted octanol–water partition coefficient (Wildman–Crippen LogP) is 4.95. The number of para-hydroxylation sites is 2. The molecule has 0 N–H and O–H groups in total. The van der Waals surface area contributed by atoms with E-state index in [0.29, 0.717) is 0 Å². The molecule has 0 radical (unpaired) electrons. The molecule has 0 saturated heterocycles. The summed E-state index contributed by atoms with van der Waals surface area (Å²) in [6.45, 7) is 0. The third-order valence-electron chi connectivity index (χ3n) is 4.05. The van der Waals surface area contributed by atoms with Gasteiger partial charge in [-0.2, -0.15) is 0 Å². The number of ether oxygens (including phenoxy) is 2. The van der Waals surface area contributed by atoms with Crippen LogP contribution < -0.4 is 9.47 Å². The molecule has 2 aromatic carbocycles. The largest absolute Gasteiger partial charge is 0.494 e. The van der Waals surface area contributed by atoms with Gasteiger partial charge in [0, 0.05) is 33.0 Å². The Labute approximate surface area is 149 Å². The first-order chi connectivity index (χ1) is 12.3. The molecule has 25 heavy (non-hydrogen) atoms. The number of methoxy groups -OCH3 is 2. The van der Waals surface area contributed by atoms with E-state index in [-0.39, 0.29) is 0 Å². The van der Waals surface area contributed by atoms with Crippen LogP contribution in [0.4, 0.5) is 0 Å². The molecule has 2 heterocycles. The van der Waals surface area contributed by atoms with Gasteiger partial charge in [0.2, 0.25) is 0 Å². The lowest BCUT2D eigenvalue weighted by atomic mass is 10.2. The van der Waals surface area contributed by atoms with E-state index in [1.54, 1.807) is 26.0 Å². The van der Waals surface area contributed by atoms with Crippen molar-refractivity contribution < 1.29 is 9.47 Å².